The van der Waals surface area contributed by atoms with Gasteiger partial charge in [-0.3, -0.25) is 0 Å². The van der Waals surface area contributed by atoms with Crippen molar-refractivity contribution >= 4 is 6.08 Å². The lowest BCUT2D eigenvalue weighted by Gasteiger charge is -1.93. The van der Waals surface area contributed by atoms with Crippen LogP contribution in [0.15, 0.2) is 128 Å². The molecule has 0 aliphatic heterocycles. The lowest BCUT2D eigenvalue weighted by Crippen LogP contribution is -1.74. The van der Waals surface area contributed by atoms with Crippen molar-refractivity contribution < 1.29 is 0 Å². The molecule has 0 atom stereocenters. The van der Waals surface area contributed by atoms with Crippen LogP contribution in [0.3, 0.4) is 0 Å². The van der Waals surface area contributed by atoms with E-state index in [0.29, 0.717) is 0 Å². The molecule has 0 heteroatoms. The van der Waals surface area contributed by atoms with Crippen LogP contribution in [0.1, 0.15) is 22.3 Å². The summed E-state index contributed by atoms with van der Waals surface area (Å²) in [6, 6.07) is 40.6. The van der Waals surface area contributed by atoms with Crippen LogP contribution in [0.4, 0.5) is 0 Å². The Hall–Kier alpha value is -3.38. The van der Waals surface area contributed by atoms with E-state index in [0.717, 1.165) is 0 Å². The highest BCUT2D eigenvalue weighted by molar-refractivity contribution is 5.45. The molecule has 0 saturated carbocycles. The molecular weight excluding hydrogens is 348 g/mol. The third kappa shape index (κ3) is 12.6. The Labute approximate surface area is 177 Å². The summed E-state index contributed by atoms with van der Waals surface area (Å²) in [6.45, 7) is 9.96. The van der Waals surface area contributed by atoms with E-state index >= 15 is 0 Å². The van der Waals surface area contributed by atoms with E-state index in [1.807, 2.05) is 91.0 Å². The maximum absolute atomic E-state index is 3.63. The summed E-state index contributed by atoms with van der Waals surface area (Å²) in [4.78, 5) is 0. The first-order chi connectivity index (χ1) is 14.1. The molecule has 148 valence electrons. The van der Waals surface area contributed by atoms with E-state index < -0.39 is 0 Å². The molecule has 0 saturated heterocycles. The molecule has 0 aliphatic carbocycles. The first-order valence-electron chi connectivity index (χ1n) is 9.85. The highest BCUT2D eigenvalue weighted by Crippen LogP contribution is 2.02. The second-order valence-electron chi connectivity index (χ2n) is 6.51. The third-order valence-electron chi connectivity index (χ3n) is 4.07. The van der Waals surface area contributed by atoms with Gasteiger partial charge in [-0.2, -0.15) is 0 Å². The topological polar surface area (TPSA) is 0 Å². The fourth-order valence-electron chi connectivity index (χ4n) is 2.17. The number of rotatable bonds is 1. The van der Waals surface area contributed by atoms with Gasteiger partial charge in [0.05, 0.1) is 0 Å². The normalized spacial score (nSPS) is 8.66. The zero-order valence-electron chi connectivity index (χ0n) is 17.8. The molecule has 4 aromatic carbocycles. The largest absolute Gasteiger partial charge is 0.0985 e. The van der Waals surface area contributed by atoms with E-state index in [2.05, 4.69) is 63.7 Å². The average Bonchev–Trinajstić information content (AvgIpc) is 2.79. The molecule has 4 rings (SSSR count). The van der Waals surface area contributed by atoms with Crippen LogP contribution in [0, 0.1) is 20.8 Å². The Balaban J connectivity index is 0.000000194. The van der Waals surface area contributed by atoms with Gasteiger partial charge in [-0.25, -0.2) is 0 Å². The molecule has 4 aromatic rings. The maximum Gasteiger partial charge on any atom is -0.0263 e. The fraction of sp³-hybridized carbons (Fsp3) is 0.103. The Morgan fingerprint density at radius 1 is 0.448 bits per heavy atom. The van der Waals surface area contributed by atoms with Crippen molar-refractivity contribution in [2.75, 3.05) is 0 Å². The highest BCUT2D eigenvalue weighted by Gasteiger charge is 1.83. The van der Waals surface area contributed by atoms with Crippen molar-refractivity contribution in [1.29, 1.82) is 0 Å². The van der Waals surface area contributed by atoms with E-state index in [-0.39, 0.29) is 0 Å². The molecule has 0 aliphatic rings. The second-order valence-corrected chi connectivity index (χ2v) is 6.51. The fourth-order valence-corrected chi connectivity index (χ4v) is 2.17. The predicted octanol–water partition coefficient (Wildman–Crippen LogP) is 8.31. The molecule has 0 N–H and O–H groups in total. The molecular formula is C29H32. The molecule has 0 amide bonds. The van der Waals surface area contributed by atoms with Crippen LogP contribution in [0.5, 0.6) is 0 Å². The van der Waals surface area contributed by atoms with Gasteiger partial charge in [-0.1, -0.05) is 140 Å². The Bertz CT molecular complexity index is 831. The molecule has 0 bridgehead atoms. The molecule has 0 unspecified atom stereocenters. The van der Waals surface area contributed by atoms with Gasteiger partial charge in [0.25, 0.3) is 0 Å². The lowest BCUT2D eigenvalue weighted by atomic mass is 10.1. The van der Waals surface area contributed by atoms with Crippen molar-refractivity contribution in [2.24, 2.45) is 0 Å². The molecule has 0 spiro atoms. The smallest absolute Gasteiger partial charge is 0.0263 e. The van der Waals surface area contributed by atoms with Crippen LogP contribution in [-0.2, 0) is 0 Å². The number of benzene rings is 4. The van der Waals surface area contributed by atoms with E-state index in [1.165, 1.54) is 22.3 Å². The van der Waals surface area contributed by atoms with E-state index in [4.69, 9.17) is 0 Å². The van der Waals surface area contributed by atoms with Crippen molar-refractivity contribution in [1.82, 2.24) is 0 Å². The third-order valence-corrected chi connectivity index (χ3v) is 4.07. The maximum atomic E-state index is 3.63. The van der Waals surface area contributed by atoms with E-state index in [1.54, 1.807) is 0 Å². The summed E-state index contributed by atoms with van der Waals surface area (Å²) in [6.07, 6.45) is 1.83. The average molecular weight is 381 g/mol. The Kier molecular flexibility index (Phi) is 12.8. The first-order valence-corrected chi connectivity index (χ1v) is 9.85. The summed E-state index contributed by atoms with van der Waals surface area (Å²) in [5, 5.41) is 0. The summed E-state index contributed by atoms with van der Waals surface area (Å²) >= 11 is 0. The molecule has 0 heterocycles. The van der Waals surface area contributed by atoms with Crippen LogP contribution in [-0.4, -0.2) is 0 Å². The summed E-state index contributed by atoms with van der Waals surface area (Å²) < 4.78 is 0. The monoisotopic (exact) mass is 380 g/mol. The second kappa shape index (κ2) is 15.7. The van der Waals surface area contributed by atoms with Gasteiger partial charge < -0.3 is 0 Å². The van der Waals surface area contributed by atoms with Gasteiger partial charge in [0.15, 0.2) is 0 Å². The number of aryl methyl sites for hydroxylation is 3. The van der Waals surface area contributed by atoms with Crippen molar-refractivity contribution in [3.05, 3.63) is 150 Å². The number of hydrogen-bond acceptors (Lipinski definition) is 0. The zero-order valence-corrected chi connectivity index (χ0v) is 17.8. The highest BCUT2D eigenvalue weighted by atomic mass is 13.9. The lowest BCUT2D eigenvalue weighted by molar-refractivity contribution is 1.34. The van der Waals surface area contributed by atoms with E-state index in [9.17, 15) is 0 Å². The van der Waals surface area contributed by atoms with Crippen molar-refractivity contribution in [2.45, 2.75) is 20.8 Å². The molecule has 0 nitrogen and oxygen atoms in total. The predicted molar refractivity (Wildman–Crippen MR) is 130 cm³/mol. The summed E-state index contributed by atoms with van der Waals surface area (Å²) in [5.74, 6) is 0. The van der Waals surface area contributed by atoms with Gasteiger partial charge in [-0.05, 0) is 37.5 Å². The minimum absolute atomic E-state index is 1.17. The molecule has 0 fully saturated rings. The van der Waals surface area contributed by atoms with Crippen LogP contribution in [0.25, 0.3) is 6.08 Å². The Morgan fingerprint density at radius 3 is 1.00 bits per heavy atom. The van der Waals surface area contributed by atoms with Gasteiger partial charge in [0, 0.05) is 0 Å². The minimum atomic E-state index is 1.17. The Morgan fingerprint density at radius 2 is 0.759 bits per heavy atom. The SMILES string of the molecule is C=Cc1ccccc1.Cc1ccccc1.Cc1ccccc1C.c1ccccc1. The molecule has 29 heavy (non-hydrogen) atoms. The molecule has 0 radical (unpaired) electrons. The van der Waals surface area contributed by atoms with Crippen molar-refractivity contribution in [3.8, 4) is 0 Å². The molecule has 0 aromatic heterocycles. The first kappa shape index (κ1) is 23.7. The van der Waals surface area contributed by atoms with Crippen LogP contribution in [0.2, 0.25) is 0 Å². The zero-order chi connectivity index (χ0) is 21.2. The summed E-state index contributed by atoms with van der Waals surface area (Å²) in [5.41, 5.74) is 5.23. The standard InChI is InChI=1S/C8H10.C8H8.C7H8.C6H6/c1-7-5-3-4-6-8(7)2;1-2-8-6-4-3-5-7-8;1-7-5-3-2-4-6-7;1-2-4-6-5-3-1/h3-6H,1-2H3;2-7H,1H2;2-6H,1H3;1-6H. The van der Waals surface area contributed by atoms with Crippen molar-refractivity contribution in [3.63, 3.8) is 0 Å². The quantitative estimate of drug-likeness (QED) is 0.311. The van der Waals surface area contributed by atoms with Gasteiger partial charge in [-0.15, -0.1) is 0 Å². The van der Waals surface area contributed by atoms with Gasteiger partial charge in [0.1, 0.15) is 0 Å². The minimum Gasteiger partial charge on any atom is -0.0985 e. The summed E-state index contributed by atoms with van der Waals surface area (Å²) in [7, 11) is 0. The van der Waals surface area contributed by atoms with Crippen LogP contribution < -0.4 is 0 Å². The van der Waals surface area contributed by atoms with Gasteiger partial charge in [0.2, 0.25) is 0 Å². The van der Waals surface area contributed by atoms with Crippen LogP contribution >= 0.6 is 0 Å². The van der Waals surface area contributed by atoms with Gasteiger partial charge >= 0.3 is 0 Å². The number of hydrogen-bond donors (Lipinski definition) is 0.